The van der Waals surface area contributed by atoms with Crippen molar-refractivity contribution in [2.75, 3.05) is 12.4 Å². The Morgan fingerprint density at radius 2 is 2.07 bits per heavy atom. The number of aliphatic hydroxyl groups excluding tert-OH is 1. The zero-order valence-electron chi connectivity index (χ0n) is 7.68. The van der Waals surface area contributed by atoms with E-state index in [0.717, 1.165) is 0 Å². The molecule has 0 rings (SSSR count). The lowest BCUT2D eigenvalue weighted by Crippen LogP contribution is -2.35. The minimum atomic E-state index is -2.82. The summed E-state index contributed by atoms with van der Waals surface area (Å²) in [5.41, 5.74) is 0. The lowest BCUT2D eigenvalue weighted by Gasteiger charge is -2.10. The van der Waals surface area contributed by atoms with E-state index in [4.69, 9.17) is 16.7 Å². The number of aliphatic hydroxyl groups is 1. The van der Waals surface area contributed by atoms with E-state index in [9.17, 15) is 13.6 Å². The minimum absolute atomic E-state index is 0.253. The molecule has 3 nitrogen and oxygen atoms in total. The van der Waals surface area contributed by atoms with Crippen molar-refractivity contribution in [2.45, 2.75) is 31.8 Å². The van der Waals surface area contributed by atoms with E-state index in [2.05, 4.69) is 5.32 Å². The van der Waals surface area contributed by atoms with Gasteiger partial charge >= 0.3 is 0 Å². The predicted molar refractivity (Wildman–Crippen MR) is 49.6 cm³/mol. The van der Waals surface area contributed by atoms with Gasteiger partial charge in [-0.1, -0.05) is 0 Å². The number of halogens is 3. The molecule has 6 heteroatoms. The molecule has 2 N–H and O–H groups in total. The summed E-state index contributed by atoms with van der Waals surface area (Å²) in [5.74, 6) is 0.141. The highest BCUT2D eigenvalue weighted by atomic mass is 35.5. The van der Waals surface area contributed by atoms with Crippen molar-refractivity contribution in [1.82, 2.24) is 5.32 Å². The molecule has 1 amide bonds. The molecule has 0 aromatic rings. The first kappa shape index (κ1) is 13.6. The SMILES string of the molecule is O=C(CCCCCl)NCC(O)C(F)F. The fourth-order valence-corrected chi connectivity index (χ4v) is 0.965. The Hall–Kier alpha value is -0.420. The van der Waals surface area contributed by atoms with Gasteiger partial charge in [0.1, 0.15) is 6.10 Å². The van der Waals surface area contributed by atoms with Crippen LogP contribution in [0.25, 0.3) is 0 Å². The van der Waals surface area contributed by atoms with Gasteiger partial charge in [-0.25, -0.2) is 8.78 Å². The standard InChI is InChI=1S/C8H14ClF2NO2/c9-4-2-1-3-7(14)12-5-6(13)8(10)11/h6,8,13H,1-5H2,(H,12,14). The highest BCUT2D eigenvalue weighted by molar-refractivity contribution is 6.17. The molecule has 0 aliphatic rings. The number of rotatable bonds is 7. The second kappa shape index (κ2) is 7.94. The maximum absolute atomic E-state index is 11.8. The van der Waals surface area contributed by atoms with Crippen LogP contribution in [0.3, 0.4) is 0 Å². The van der Waals surface area contributed by atoms with Gasteiger partial charge in [-0.2, -0.15) is 0 Å². The third-order valence-electron chi connectivity index (χ3n) is 1.59. The van der Waals surface area contributed by atoms with Crippen LogP contribution < -0.4 is 5.32 Å². The zero-order chi connectivity index (χ0) is 11.0. The van der Waals surface area contributed by atoms with E-state index in [1.54, 1.807) is 0 Å². The van der Waals surface area contributed by atoms with E-state index < -0.39 is 19.1 Å². The number of carbonyl (C=O) groups excluding carboxylic acids is 1. The van der Waals surface area contributed by atoms with Crippen LogP contribution >= 0.6 is 11.6 Å². The van der Waals surface area contributed by atoms with Crippen LogP contribution in [-0.2, 0) is 4.79 Å². The first-order valence-corrected chi connectivity index (χ1v) is 4.90. The molecular weight excluding hydrogens is 216 g/mol. The van der Waals surface area contributed by atoms with E-state index in [1.165, 1.54) is 0 Å². The number of amides is 1. The molecule has 1 unspecified atom stereocenters. The van der Waals surface area contributed by atoms with Crippen LogP contribution in [0.5, 0.6) is 0 Å². The molecule has 0 aliphatic heterocycles. The Bertz CT molecular complexity index is 169. The van der Waals surface area contributed by atoms with Crippen LogP contribution in [0, 0.1) is 0 Å². The molecule has 0 aromatic heterocycles. The largest absolute Gasteiger partial charge is 0.385 e. The average molecular weight is 230 g/mol. The van der Waals surface area contributed by atoms with Gasteiger partial charge in [0.05, 0.1) is 0 Å². The van der Waals surface area contributed by atoms with Gasteiger partial charge in [-0.3, -0.25) is 4.79 Å². The molecule has 0 saturated carbocycles. The van der Waals surface area contributed by atoms with Crippen molar-refractivity contribution >= 4 is 17.5 Å². The Labute approximate surface area is 86.4 Å². The molecule has 84 valence electrons. The first-order chi connectivity index (χ1) is 6.57. The lowest BCUT2D eigenvalue weighted by molar-refractivity contribution is -0.122. The van der Waals surface area contributed by atoms with Crippen molar-refractivity contribution in [1.29, 1.82) is 0 Å². The summed E-state index contributed by atoms with van der Waals surface area (Å²) >= 11 is 5.38. The number of hydrogen-bond donors (Lipinski definition) is 2. The average Bonchev–Trinajstić information content (AvgIpc) is 2.14. The molecule has 0 bridgehead atoms. The topological polar surface area (TPSA) is 49.3 Å². The van der Waals surface area contributed by atoms with Crippen LogP contribution in [0.4, 0.5) is 8.78 Å². The van der Waals surface area contributed by atoms with Crippen LogP contribution in [0.15, 0.2) is 0 Å². The quantitative estimate of drug-likeness (QED) is 0.508. The van der Waals surface area contributed by atoms with Gasteiger partial charge in [0.25, 0.3) is 6.43 Å². The van der Waals surface area contributed by atoms with Gasteiger partial charge in [-0.15, -0.1) is 11.6 Å². The van der Waals surface area contributed by atoms with Gasteiger partial charge in [0.15, 0.2) is 0 Å². The summed E-state index contributed by atoms with van der Waals surface area (Å²) in [6.45, 7) is -0.405. The molecule has 0 aliphatic carbocycles. The Morgan fingerprint density at radius 1 is 1.43 bits per heavy atom. The number of nitrogens with one attached hydrogen (secondary N) is 1. The highest BCUT2D eigenvalue weighted by Crippen LogP contribution is 2.00. The molecule has 0 radical (unpaired) electrons. The van der Waals surface area contributed by atoms with Gasteiger partial charge in [0, 0.05) is 18.8 Å². The number of carbonyl (C=O) groups is 1. The highest BCUT2D eigenvalue weighted by Gasteiger charge is 2.16. The van der Waals surface area contributed by atoms with E-state index in [-0.39, 0.29) is 12.3 Å². The third kappa shape index (κ3) is 7.03. The molecule has 14 heavy (non-hydrogen) atoms. The van der Waals surface area contributed by atoms with Crippen molar-refractivity contribution in [2.24, 2.45) is 0 Å². The second-order valence-corrected chi connectivity index (χ2v) is 3.23. The first-order valence-electron chi connectivity index (χ1n) is 4.36. The van der Waals surface area contributed by atoms with E-state index in [1.807, 2.05) is 0 Å². The normalized spacial score (nSPS) is 12.9. The summed E-state index contributed by atoms with van der Waals surface area (Å²) in [6.07, 6.45) is -3.01. The molecule has 1 atom stereocenters. The van der Waals surface area contributed by atoms with Crippen molar-refractivity contribution in [3.63, 3.8) is 0 Å². The summed E-state index contributed by atoms with van der Waals surface area (Å²) in [6, 6.07) is 0. The van der Waals surface area contributed by atoms with Crippen LogP contribution in [0.1, 0.15) is 19.3 Å². The number of unbranched alkanes of at least 4 members (excludes halogenated alkanes) is 1. The Balaban J connectivity index is 3.44. The fourth-order valence-electron chi connectivity index (χ4n) is 0.776. The van der Waals surface area contributed by atoms with Crippen molar-refractivity contribution < 1.29 is 18.7 Å². The predicted octanol–water partition coefficient (Wildman–Crippen LogP) is 1.14. The van der Waals surface area contributed by atoms with Crippen molar-refractivity contribution in [3.05, 3.63) is 0 Å². The lowest BCUT2D eigenvalue weighted by atomic mass is 10.2. The third-order valence-corrected chi connectivity index (χ3v) is 1.85. The summed E-state index contributed by atoms with van der Waals surface area (Å²) in [7, 11) is 0. The van der Waals surface area contributed by atoms with Gasteiger partial charge < -0.3 is 10.4 Å². The maximum Gasteiger partial charge on any atom is 0.265 e. The maximum atomic E-state index is 11.8. The molecule has 0 aromatic carbocycles. The fraction of sp³-hybridized carbons (Fsp3) is 0.875. The molecular formula is C8H14ClF2NO2. The van der Waals surface area contributed by atoms with Gasteiger partial charge in [0.2, 0.25) is 5.91 Å². The second-order valence-electron chi connectivity index (χ2n) is 2.85. The van der Waals surface area contributed by atoms with Crippen LogP contribution in [0.2, 0.25) is 0 Å². The Morgan fingerprint density at radius 3 is 2.57 bits per heavy atom. The molecule has 0 fully saturated rings. The summed E-state index contributed by atoms with van der Waals surface area (Å²) in [4.78, 5) is 10.9. The van der Waals surface area contributed by atoms with Gasteiger partial charge in [-0.05, 0) is 12.8 Å². The van der Waals surface area contributed by atoms with E-state index >= 15 is 0 Å². The summed E-state index contributed by atoms with van der Waals surface area (Å²) in [5, 5.41) is 10.9. The van der Waals surface area contributed by atoms with Crippen LogP contribution in [-0.4, -0.2) is 36.0 Å². The number of alkyl halides is 3. The zero-order valence-corrected chi connectivity index (χ0v) is 8.44. The smallest absolute Gasteiger partial charge is 0.265 e. The Kier molecular flexibility index (Phi) is 7.70. The molecule has 0 saturated heterocycles. The summed E-state index contributed by atoms with van der Waals surface area (Å²) < 4.78 is 23.5. The minimum Gasteiger partial charge on any atom is -0.385 e. The van der Waals surface area contributed by atoms with Crippen molar-refractivity contribution in [3.8, 4) is 0 Å². The monoisotopic (exact) mass is 229 g/mol. The molecule has 0 heterocycles. The van der Waals surface area contributed by atoms with E-state index in [0.29, 0.717) is 18.7 Å². The molecule has 0 spiro atoms. The number of hydrogen-bond acceptors (Lipinski definition) is 2.